The Hall–Kier alpha value is -3.71. The molecule has 0 saturated heterocycles. The summed E-state index contributed by atoms with van der Waals surface area (Å²) in [7, 11) is 3.16. The van der Waals surface area contributed by atoms with Gasteiger partial charge in [-0.05, 0) is 47.0 Å². The highest BCUT2D eigenvalue weighted by Crippen LogP contribution is 2.43. The molecule has 176 valence electrons. The van der Waals surface area contributed by atoms with Crippen molar-refractivity contribution < 1.29 is 23.5 Å². The van der Waals surface area contributed by atoms with Crippen molar-refractivity contribution in [2.75, 3.05) is 27.4 Å². The van der Waals surface area contributed by atoms with Crippen LogP contribution in [0.2, 0.25) is 0 Å². The first-order valence-corrected chi connectivity index (χ1v) is 11.1. The number of benzene rings is 3. The van der Waals surface area contributed by atoms with Gasteiger partial charge in [0.15, 0.2) is 0 Å². The Morgan fingerprint density at radius 1 is 1.00 bits per heavy atom. The van der Waals surface area contributed by atoms with E-state index in [1.807, 2.05) is 36.4 Å². The van der Waals surface area contributed by atoms with Gasteiger partial charge in [0.25, 0.3) is 5.91 Å². The first kappa shape index (κ1) is 23.4. The van der Waals surface area contributed by atoms with Crippen LogP contribution < -0.4 is 10.1 Å². The summed E-state index contributed by atoms with van der Waals surface area (Å²) >= 11 is 0. The third-order valence-electron chi connectivity index (χ3n) is 6.05. The summed E-state index contributed by atoms with van der Waals surface area (Å²) in [5.41, 5.74) is 2.74. The second-order valence-electron chi connectivity index (χ2n) is 8.13. The number of ether oxygens (including phenoxy) is 2. The highest BCUT2D eigenvalue weighted by Gasteiger charge is 2.44. The predicted molar refractivity (Wildman–Crippen MR) is 126 cm³/mol. The van der Waals surface area contributed by atoms with Crippen molar-refractivity contribution in [2.24, 2.45) is 0 Å². The number of methoxy groups -OCH3 is 2. The van der Waals surface area contributed by atoms with E-state index < -0.39 is 12.0 Å². The van der Waals surface area contributed by atoms with Crippen molar-refractivity contribution in [3.05, 3.63) is 101 Å². The van der Waals surface area contributed by atoms with E-state index in [1.54, 1.807) is 43.4 Å². The van der Waals surface area contributed by atoms with E-state index >= 15 is 0 Å². The average molecular weight is 463 g/mol. The van der Waals surface area contributed by atoms with Crippen LogP contribution in [0, 0.1) is 5.82 Å². The fraction of sp³-hybridized carbons (Fsp3) is 0.259. The molecule has 1 N–H and O–H groups in total. The molecule has 2 unspecified atom stereocenters. The molecule has 0 fully saturated rings. The minimum Gasteiger partial charge on any atom is -0.497 e. The lowest BCUT2D eigenvalue weighted by Crippen LogP contribution is -2.47. The normalized spacial score (nSPS) is 17.3. The molecule has 0 bridgehead atoms. The Labute approximate surface area is 198 Å². The van der Waals surface area contributed by atoms with Crippen molar-refractivity contribution in [3.63, 3.8) is 0 Å². The number of fused-ring (bicyclic) bond motifs is 1. The number of hydrogen-bond acceptors (Lipinski definition) is 4. The fourth-order valence-electron chi connectivity index (χ4n) is 4.40. The van der Waals surface area contributed by atoms with Crippen LogP contribution in [-0.2, 0) is 16.1 Å². The van der Waals surface area contributed by atoms with Gasteiger partial charge in [0.1, 0.15) is 11.6 Å². The van der Waals surface area contributed by atoms with Gasteiger partial charge in [-0.15, -0.1) is 0 Å². The number of halogens is 1. The molecule has 6 nitrogen and oxygen atoms in total. The summed E-state index contributed by atoms with van der Waals surface area (Å²) in [6.45, 7) is 0.965. The third kappa shape index (κ3) is 4.79. The van der Waals surface area contributed by atoms with Gasteiger partial charge in [-0.1, -0.05) is 42.5 Å². The van der Waals surface area contributed by atoms with E-state index in [0.29, 0.717) is 30.0 Å². The minimum atomic E-state index is -0.639. The lowest BCUT2D eigenvalue weighted by Gasteiger charge is -2.42. The van der Waals surface area contributed by atoms with E-state index in [1.165, 1.54) is 12.1 Å². The summed E-state index contributed by atoms with van der Waals surface area (Å²) in [5, 5.41) is 2.95. The summed E-state index contributed by atoms with van der Waals surface area (Å²) in [4.78, 5) is 28.9. The number of hydrogen-bond donors (Lipinski definition) is 1. The quantitative estimate of drug-likeness (QED) is 0.513. The molecule has 0 aromatic heterocycles. The maximum absolute atomic E-state index is 13.7. The van der Waals surface area contributed by atoms with Crippen LogP contribution in [-0.4, -0.2) is 44.1 Å². The van der Waals surface area contributed by atoms with E-state index in [-0.39, 0.29) is 24.2 Å². The Morgan fingerprint density at radius 3 is 2.38 bits per heavy atom. The fourth-order valence-corrected chi connectivity index (χ4v) is 4.40. The van der Waals surface area contributed by atoms with Crippen LogP contribution in [0.4, 0.5) is 4.39 Å². The van der Waals surface area contributed by atoms with E-state index in [0.717, 1.165) is 11.1 Å². The number of carbonyl (C=O) groups excluding carboxylic acids is 2. The molecule has 3 aromatic rings. The van der Waals surface area contributed by atoms with Crippen molar-refractivity contribution in [1.82, 2.24) is 10.2 Å². The zero-order chi connectivity index (χ0) is 24.1. The van der Waals surface area contributed by atoms with Crippen LogP contribution in [0.1, 0.15) is 39.0 Å². The molecule has 3 aromatic carbocycles. The second-order valence-corrected chi connectivity index (χ2v) is 8.13. The summed E-state index contributed by atoms with van der Waals surface area (Å²) in [6, 6.07) is 20.1. The lowest BCUT2D eigenvalue weighted by molar-refractivity contribution is -0.124. The molecule has 4 rings (SSSR count). The largest absolute Gasteiger partial charge is 0.497 e. The van der Waals surface area contributed by atoms with Gasteiger partial charge >= 0.3 is 0 Å². The Bertz CT molecular complexity index is 1150. The average Bonchev–Trinajstić information content (AvgIpc) is 2.87. The molecule has 1 aliphatic rings. The zero-order valence-electron chi connectivity index (χ0n) is 19.2. The Kier molecular flexibility index (Phi) is 7.23. The highest BCUT2D eigenvalue weighted by atomic mass is 19.1. The number of nitrogens with one attached hydrogen (secondary N) is 1. The predicted octanol–water partition coefficient (Wildman–Crippen LogP) is 4.08. The third-order valence-corrected chi connectivity index (χ3v) is 6.05. The van der Waals surface area contributed by atoms with E-state index in [2.05, 4.69) is 5.32 Å². The maximum Gasteiger partial charge on any atom is 0.255 e. The molecule has 0 aliphatic carbocycles. The van der Waals surface area contributed by atoms with Crippen LogP contribution in [0.3, 0.4) is 0 Å². The minimum absolute atomic E-state index is 0.179. The van der Waals surface area contributed by atoms with Gasteiger partial charge in [0, 0.05) is 25.8 Å². The molecule has 34 heavy (non-hydrogen) atoms. The first-order valence-electron chi connectivity index (χ1n) is 11.1. The van der Waals surface area contributed by atoms with Gasteiger partial charge in [0.05, 0.1) is 25.7 Å². The van der Waals surface area contributed by atoms with Crippen LogP contribution in [0.5, 0.6) is 5.75 Å². The van der Waals surface area contributed by atoms with E-state index in [9.17, 15) is 14.0 Å². The van der Waals surface area contributed by atoms with Crippen LogP contribution in [0.15, 0.2) is 72.8 Å². The lowest BCUT2D eigenvalue weighted by atomic mass is 9.79. The van der Waals surface area contributed by atoms with Gasteiger partial charge < -0.3 is 19.7 Å². The molecule has 0 radical (unpaired) electrons. The van der Waals surface area contributed by atoms with Crippen molar-refractivity contribution >= 4 is 11.8 Å². The molecule has 2 atom stereocenters. The standard InChI is InChI=1S/C27H27FN2O4/c1-33-16-15-29-26(31)24-22-5-3-4-6-23(22)27(32)30(17-18-7-11-20(28)12-8-18)25(24)19-9-13-21(34-2)14-10-19/h3-14,24-25H,15-17H2,1-2H3,(H,29,31). The smallest absolute Gasteiger partial charge is 0.255 e. The van der Waals surface area contributed by atoms with Gasteiger partial charge in [-0.25, -0.2) is 4.39 Å². The van der Waals surface area contributed by atoms with E-state index in [4.69, 9.17) is 9.47 Å². The molecule has 2 amide bonds. The molecular formula is C27H27FN2O4. The van der Waals surface area contributed by atoms with Crippen molar-refractivity contribution in [1.29, 1.82) is 0 Å². The van der Waals surface area contributed by atoms with Gasteiger partial charge in [-0.2, -0.15) is 0 Å². The highest BCUT2D eigenvalue weighted by molar-refractivity contribution is 6.01. The number of carbonyl (C=O) groups is 2. The molecule has 0 spiro atoms. The van der Waals surface area contributed by atoms with Crippen molar-refractivity contribution in [3.8, 4) is 5.75 Å². The summed E-state index contributed by atoms with van der Waals surface area (Å²) in [6.07, 6.45) is 0. The van der Waals surface area contributed by atoms with Gasteiger partial charge in [0.2, 0.25) is 5.91 Å². The molecular weight excluding hydrogens is 435 g/mol. The number of amides is 2. The zero-order valence-corrected chi connectivity index (χ0v) is 19.2. The topological polar surface area (TPSA) is 67.9 Å². The molecule has 1 heterocycles. The summed E-state index contributed by atoms with van der Waals surface area (Å²) in [5.74, 6) is -0.679. The van der Waals surface area contributed by atoms with Crippen LogP contribution >= 0.6 is 0 Å². The maximum atomic E-state index is 13.7. The monoisotopic (exact) mass is 462 g/mol. The molecule has 1 aliphatic heterocycles. The Balaban J connectivity index is 1.82. The number of nitrogens with zero attached hydrogens (tertiary/aromatic N) is 1. The van der Waals surface area contributed by atoms with Crippen LogP contribution in [0.25, 0.3) is 0 Å². The number of rotatable bonds is 8. The first-order chi connectivity index (χ1) is 16.5. The SMILES string of the molecule is COCCNC(=O)C1c2ccccc2C(=O)N(Cc2ccc(F)cc2)C1c1ccc(OC)cc1. The van der Waals surface area contributed by atoms with Gasteiger partial charge in [-0.3, -0.25) is 9.59 Å². The molecule has 0 saturated carbocycles. The molecule has 7 heteroatoms. The summed E-state index contributed by atoms with van der Waals surface area (Å²) < 4.78 is 23.9. The van der Waals surface area contributed by atoms with Crippen molar-refractivity contribution in [2.45, 2.75) is 18.5 Å². The second kappa shape index (κ2) is 10.5. The Morgan fingerprint density at radius 2 is 1.71 bits per heavy atom.